The lowest BCUT2D eigenvalue weighted by Crippen LogP contribution is -2.15. The lowest BCUT2D eigenvalue weighted by molar-refractivity contribution is 0.269. The van der Waals surface area contributed by atoms with Gasteiger partial charge in [-0.2, -0.15) is 5.10 Å². The summed E-state index contributed by atoms with van der Waals surface area (Å²) in [5.74, 6) is 0.0505. The van der Waals surface area contributed by atoms with Crippen molar-refractivity contribution in [2.75, 3.05) is 22.8 Å². The maximum Gasteiger partial charge on any atom is 0.232 e. The van der Waals surface area contributed by atoms with Crippen LogP contribution in [0, 0.1) is 5.82 Å². The number of rotatable bonds is 10. The molecule has 4 N–H and O–H groups in total. The molecule has 0 spiro atoms. The number of nitrogens with two attached hydrogens (primary N) is 1. The van der Waals surface area contributed by atoms with Crippen LogP contribution in [-0.4, -0.2) is 40.6 Å². The number of furan rings is 1. The summed E-state index contributed by atoms with van der Waals surface area (Å²) in [5, 5.41) is 14.0. The Kier molecular flexibility index (Phi) is 7.22. The van der Waals surface area contributed by atoms with Crippen LogP contribution >= 0.6 is 0 Å². The lowest BCUT2D eigenvalue weighted by Gasteiger charge is -2.15. The Morgan fingerprint density at radius 3 is 2.67 bits per heavy atom. The molecule has 0 bridgehead atoms. The van der Waals surface area contributed by atoms with Crippen molar-refractivity contribution < 1.29 is 27.1 Å². The molecule has 2 aromatic carbocycles. The van der Waals surface area contributed by atoms with Crippen molar-refractivity contribution in [2.24, 2.45) is 0 Å². The molecule has 0 unspecified atom stereocenters. The van der Waals surface area contributed by atoms with Gasteiger partial charge in [-0.05, 0) is 42.3 Å². The molecule has 3 heterocycles. The number of anilines is 2. The van der Waals surface area contributed by atoms with Crippen molar-refractivity contribution in [2.45, 2.75) is 20.1 Å². The number of aliphatic hydroxyl groups excluding tert-OH is 1. The first-order valence-electron chi connectivity index (χ1n) is 12.1. The van der Waals surface area contributed by atoms with Crippen LogP contribution in [0.5, 0.6) is 5.75 Å². The maximum absolute atomic E-state index is 13.3. The molecular formula is C27H26FN5O5S. The molecule has 0 aliphatic rings. The van der Waals surface area contributed by atoms with E-state index in [0.717, 1.165) is 5.56 Å². The van der Waals surface area contributed by atoms with E-state index in [9.17, 15) is 17.9 Å². The third kappa shape index (κ3) is 5.56. The van der Waals surface area contributed by atoms with Crippen molar-refractivity contribution in [3.8, 4) is 28.0 Å². The summed E-state index contributed by atoms with van der Waals surface area (Å²) < 4.78 is 54.1. The fraction of sp³-hybridized carbons (Fsp3) is 0.185. The topological polar surface area (TPSA) is 146 Å². The van der Waals surface area contributed by atoms with Crippen molar-refractivity contribution in [3.05, 3.63) is 78.7 Å². The zero-order valence-corrected chi connectivity index (χ0v) is 21.8. The first-order chi connectivity index (χ1) is 18.8. The molecule has 5 rings (SSSR count). The number of benzene rings is 2. The van der Waals surface area contributed by atoms with Gasteiger partial charge in [0.15, 0.2) is 0 Å². The number of pyridine rings is 1. The van der Waals surface area contributed by atoms with E-state index >= 15 is 0 Å². The molecule has 0 radical (unpaired) electrons. The second-order valence-corrected chi connectivity index (χ2v) is 10.8. The first kappa shape index (κ1) is 26.2. The minimum atomic E-state index is -3.58. The molecule has 12 heteroatoms. The number of aliphatic hydroxyl groups is 1. The Hall–Kier alpha value is -4.42. The normalized spacial score (nSPS) is 11.7. The van der Waals surface area contributed by atoms with Gasteiger partial charge in [0.05, 0.1) is 42.4 Å². The van der Waals surface area contributed by atoms with E-state index in [1.807, 2.05) is 0 Å². The average Bonchev–Trinajstić information content (AvgIpc) is 3.58. The van der Waals surface area contributed by atoms with Crippen LogP contribution in [0.25, 0.3) is 33.2 Å². The summed E-state index contributed by atoms with van der Waals surface area (Å²) in [4.78, 5) is 4.36. The number of aromatic nitrogens is 3. The summed E-state index contributed by atoms with van der Waals surface area (Å²) in [5.41, 5.74) is 10.5. The standard InChI is InChI=1S/C27H26FN5O5S/c1-2-39(35,36)32-23-8-5-18(11-24(23)37-15-17-3-6-20(28)7-4-17)22-16-38-26-21(13-30-27(29)25(22)26)19-12-31-33(14-19)9-10-34/h3-8,11-14,16,32,34H,2,9-10,15H2,1H3,(H2,29,30). The Morgan fingerprint density at radius 2 is 1.92 bits per heavy atom. The third-order valence-corrected chi connectivity index (χ3v) is 7.43. The highest BCUT2D eigenvalue weighted by Gasteiger charge is 2.20. The minimum absolute atomic E-state index is 0.0443. The van der Waals surface area contributed by atoms with Crippen LogP contribution in [0.3, 0.4) is 0 Å². The Bertz CT molecular complexity index is 1730. The summed E-state index contributed by atoms with van der Waals surface area (Å²) in [7, 11) is -3.58. The van der Waals surface area contributed by atoms with E-state index in [1.54, 1.807) is 59.9 Å². The first-order valence-corrected chi connectivity index (χ1v) is 13.7. The lowest BCUT2D eigenvalue weighted by atomic mass is 10.0. The molecule has 3 aromatic heterocycles. The molecule has 0 saturated heterocycles. The highest BCUT2D eigenvalue weighted by Crippen LogP contribution is 2.41. The number of halogens is 1. The van der Waals surface area contributed by atoms with Crippen molar-refractivity contribution in [1.29, 1.82) is 0 Å². The summed E-state index contributed by atoms with van der Waals surface area (Å²) in [6.45, 7) is 1.93. The second kappa shape index (κ2) is 10.8. The van der Waals surface area contributed by atoms with Gasteiger partial charge in [-0.1, -0.05) is 18.2 Å². The SMILES string of the molecule is CCS(=O)(=O)Nc1ccc(-c2coc3c(-c4cnn(CCO)c4)cnc(N)c23)cc1OCc1ccc(F)cc1. The van der Waals surface area contributed by atoms with Crippen molar-refractivity contribution >= 4 is 32.5 Å². The maximum atomic E-state index is 13.3. The molecule has 0 atom stereocenters. The van der Waals surface area contributed by atoms with E-state index in [-0.39, 0.29) is 42.0 Å². The highest BCUT2D eigenvalue weighted by molar-refractivity contribution is 7.92. The van der Waals surface area contributed by atoms with Gasteiger partial charge in [0.25, 0.3) is 0 Å². The zero-order valence-electron chi connectivity index (χ0n) is 21.0. The van der Waals surface area contributed by atoms with E-state index in [4.69, 9.17) is 14.9 Å². The van der Waals surface area contributed by atoms with Crippen LogP contribution in [0.2, 0.25) is 0 Å². The monoisotopic (exact) mass is 551 g/mol. The fourth-order valence-corrected chi connectivity index (χ4v) is 4.74. The molecule has 0 aliphatic carbocycles. The van der Waals surface area contributed by atoms with Gasteiger partial charge >= 0.3 is 0 Å². The summed E-state index contributed by atoms with van der Waals surface area (Å²) in [6, 6.07) is 10.9. The molecule has 10 nitrogen and oxygen atoms in total. The fourth-order valence-electron chi connectivity index (χ4n) is 4.09. The summed E-state index contributed by atoms with van der Waals surface area (Å²) in [6.07, 6.45) is 6.59. The van der Waals surface area contributed by atoms with Crippen LogP contribution < -0.4 is 15.2 Å². The number of nitrogen functional groups attached to an aromatic ring is 1. The van der Waals surface area contributed by atoms with E-state index in [0.29, 0.717) is 39.8 Å². The van der Waals surface area contributed by atoms with Gasteiger partial charge in [-0.15, -0.1) is 0 Å². The Labute approximate surface area is 223 Å². The summed E-state index contributed by atoms with van der Waals surface area (Å²) >= 11 is 0. The molecule has 202 valence electrons. The Morgan fingerprint density at radius 1 is 1.13 bits per heavy atom. The number of hydrogen-bond acceptors (Lipinski definition) is 8. The van der Waals surface area contributed by atoms with Gasteiger partial charge in [-0.25, -0.2) is 17.8 Å². The number of hydrogen-bond donors (Lipinski definition) is 3. The number of sulfonamides is 1. The van der Waals surface area contributed by atoms with E-state index < -0.39 is 10.0 Å². The number of nitrogens with one attached hydrogen (secondary N) is 1. The average molecular weight is 552 g/mol. The zero-order chi connectivity index (χ0) is 27.6. The predicted octanol–water partition coefficient (Wildman–Crippen LogP) is 4.41. The number of ether oxygens (including phenoxy) is 1. The van der Waals surface area contributed by atoms with Gasteiger partial charge in [0.1, 0.15) is 29.6 Å². The smallest absolute Gasteiger partial charge is 0.232 e. The molecule has 39 heavy (non-hydrogen) atoms. The van der Waals surface area contributed by atoms with Crippen molar-refractivity contribution in [1.82, 2.24) is 14.8 Å². The van der Waals surface area contributed by atoms with E-state index in [1.165, 1.54) is 19.1 Å². The van der Waals surface area contributed by atoms with Gasteiger partial charge in [0.2, 0.25) is 10.0 Å². The largest absolute Gasteiger partial charge is 0.487 e. The minimum Gasteiger partial charge on any atom is -0.487 e. The van der Waals surface area contributed by atoms with Gasteiger partial charge in [-0.3, -0.25) is 9.40 Å². The quantitative estimate of drug-likeness (QED) is 0.231. The second-order valence-electron chi connectivity index (χ2n) is 8.76. The predicted molar refractivity (Wildman–Crippen MR) is 146 cm³/mol. The molecule has 0 amide bonds. The van der Waals surface area contributed by atoms with Crippen molar-refractivity contribution in [3.63, 3.8) is 0 Å². The molecule has 0 aliphatic heterocycles. The number of nitrogens with zero attached hydrogens (tertiary/aromatic N) is 3. The van der Waals surface area contributed by atoms with E-state index in [2.05, 4.69) is 14.8 Å². The molecule has 5 aromatic rings. The molecule has 0 fully saturated rings. The van der Waals surface area contributed by atoms with Gasteiger partial charge in [0, 0.05) is 29.1 Å². The highest BCUT2D eigenvalue weighted by atomic mass is 32.2. The third-order valence-electron chi connectivity index (χ3n) is 6.14. The van der Waals surface area contributed by atoms with Crippen LogP contribution in [0.4, 0.5) is 15.9 Å². The van der Waals surface area contributed by atoms with Gasteiger partial charge < -0.3 is 20.0 Å². The van der Waals surface area contributed by atoms with Crippen LogP contribution in [0.1, 0.15) is 12.5 Å². The Balaban J connectivity index is 1.56. The molecule has 0 saturated carbocycles. The molecular weight excluding hydrogens is 525 g/mol. The number of fused-ring (bicyclic) bond motifs is 1. The van der Waals surface area contributed by atoms with Crippen LogP contribution in [-0.2, 0) is 23.2 Å². The van der Waals surface area contributed by atoms with Crippen LogP contribution in [0.15, 0.2) is 71.7 Å².